The predicted molar refractivity (Wildman–Crippen MR) is 88.1 cm³/mol. The Balaban J connectivity index is 1.73. The largest absolute Gasteiger partial charge is 0.492 e. The summed E-state index contributed by atoms with van der Waals surface area (Å²) in [5, 5.41) is 0. The summed E-state index contributed by atoms with van der Waals surface area (Å²) in [6, 6.07) is 11.0. The van der Waals surface area contributed by atoms with Crippen molar-refractivity contribution in [3.63, 3.8) is 0 Å². The average Bonchev–Trinajstić information content (AvgIpc) is 3.12. The molecule has 0 aliphatic carbocycles. The Bertz CT molecular complexity index is 877. The molecule has 6 heteroatoms. The summed E-state index contributed by atoms with van der Waals surface area (Å²) in [5.41, 5.74) is 3.82. The van der Waals surface area contributed by atoms with Crippen LogP contribution in [-0.4, -0.2) is 27.0 Å². The molecule has 2 aliphatic heterocycles. The Labute approximate surface area is 135 Å². The molecular weight excluding hydrogens is 312 g/mol. The van der Waals surface area contributed by atoms with Gasteiger partial charge in [-0.25, -0.2) is 8.42 Å². The summed E-state index contributed by atoms with van der Waals surface area (Å²) in [6.45, 7) is 2.12. The maximum Gasteiger partial charge on any atom is 0.265 e. The lowest BCUT2D eigenvalue weighted by Crippen LogP contribution is -2.15. The van der Waals surface area contributed by atoms with E-state index in [0.717, 1.165) is 30.6 Å². The third-order valence-electron chi connectivity index (χ3n) is 4.35. The van der Waals surface area contributed by atoms with Crippen molar-refractivity contribution in [3.8, 4) is 5.75 Å². The van der Waals surface area contributed by atoms with E-state index >= 15 is 0 Å². The van der Waals surface area contributed by atoms with Gasteiger partial charge in [0.15, 0.2) is 0 Å². The van der Waals surface area contributed by atoms with Crippen molar-refractivity contribution < 1.29 is 13.2 Å². The predicted octanol–water partition coefficient (Wildman–Crippen LogP) is 2.37. The molecule has 0 unspecified atom stereocenters. The number of hydrogen-bond acceptors (Lipinski definition) is 4. The SMILES string of the molecule is CN1Cc2cccc(NS(=O)(=O)c3cccc4c3OCC4)c2C1. The summed E-state index contributed by atoms with van der Waals surface area (Å²) in [7, 11) is -1.65. The van der Waals surface area contributed by atoms with Crippen LogP contribution in [0.4, 0.5) is 5.69 Å². The first-order valence-electron chi connectivity index (χ1n) is 7.61. The minimum absolute atomic E-state index is 0.219. The van der Waals surface area contributed by atoms with E-state index in [1.165, 1.54) is 5.56 Å². The van der Waals surface area contributed by atoms with Gasteiger partial charge in [-0.05, 0) is 35.9 Å². The molecule has 0 radical (unpaired) electrons. The molecule has 0 saturated heterocycles. The van der Waals surface area contributed by atoms with Crippen LogP contribution in [0.2, 0.25) is 0 Å². The number of hydrogen-bond donors (Lipinski definition) is 1. The molecule has 0 bridgehead atoms. The van der Waals surface area contributed by atoms with Gasteiger partial charge in [0.25, 0.3) is 10.0 Å². The molecule has 0 saturated carbocycles. The topological polar surface area (TPSA) is 58.6 Å². The molecule has 0 spiro atoms. The third kappa shape index (κ3) is 2.48. The molecule has 4 rings (SSSR count). The first-order valence-corrected chi connectivity index (χ1v) is 9.10. The lowest BCUT2D eigenvalue weighted by atomic mass is 10.1. The fourth-order valence-corrected chi connectivity index (χ4v) is 4.56. The van der Waals surface area contributed by atoms with Crippen LogP contribution in [0.1, 0.15) is 16.7 Å². The van der Waals surface area contributed by atoms with E-state index < -0.39 is 10.0 Å². The molecule has 2 aliphatic rings. The van der Waals surface area contributed by atoms with Crippen molar-refractivity contribution in [3.05, 3.63) is 53.1 Å². The zero-order chi connectivity index (χ0) is 16.0. The zero-order valence-electron chi connectivity index (χ0n) is 12.9. The lowest BCUT2D eigenvalue weighted by molar-refractivity contribution is 0.348. The van der Waals surface area contributed by atoms with Crippen LogP contribution in [0.25, 0.3) is 0 Å². The maximum absolute atomic E-state index is 12.8. The van der Waals surface area contributed by atoms with Crippen molar-refractivity contribution in [2.75, 3.05) is 18.4 Å². The molecule has 120 valence electrons. The van der Waals surface area contributed by atoms with Crippen LogP contribution in [0.3, 0.4) is 0 Å². The molecular formula is C17H18N2O3S. The zero-order valence-corrected chi connectivity index (χ0v) is 13.7. The number of sulfonamides is 1. The van der Waals surface area contributed by atoms with Gasteiger partial charge >= 0.3 is 0 Å². The van der Waals surface area contributed by atoms with Gasteiger partial charge in [-0.1, -0.05) is 24.3 Å². The van der Waals surface area contributed by atoms with Gasteiger partial charge in [0.1, 0.15) is 10.6 Å². The first kappa shape index (κ1) is 14.5. The highest BCUT2D eigenvalue weighted by Gasteiger charge is 2.27. The maximum atomic E-state index is 12.8. The van der Waals surface area contributed by atoms with Crippen molar-refractivity contribution in [1.82, 2.24) is 4.90 Å². The van der Waals surface area contributed by atoms with Gasteiger partial charge in [-0.3, -0.25) is 9.62 Å². The molecule has 2 aromatic carbocycles. The lowest BCUT2D eigenvalue weighted by Gasteiger charge is -2.14. The van der Waals surface area contributed by atoms with Gasteiger partial charge in [-0.15, -0.1) is 0 Å². The van der Waals surface area contributed by atoms with Gasteiger partial charge in [-0.2, -0.15) is 0 Å². The molecule has 2 heterocycles. The van der Waals surface area contributed by atoms with E-state index in [2.05, 4.69) is 9.62 Å². The summed E-state index contributed by atoms with van der Waals surface area (Å²) in [5.74, 6) is 0.490. The van der Waals surface area contributed by atoms with Gasteiger partial charge in [0.2, 0.25) is 0 Å². The number of benzene rings is 2. The van der Waals surface area contributed by atoms with E-state index in [4.69, 9.17) is 4.74 Å². The molecule has 2 aromatic rings. The fourth-order valence-electron chi connectivity index (χ4n) is 3.28. The highest BCUT2D eigenvalue weighted by molar-refractivity contribution is 7.92. The Morgan fingerprint density at radius 2 is 1.87 bits per heavy atom. The quantitative estimate of drug-likeness (QED) is 0.939. The summed E-state index contributed by atoms with van der Waals surface area (Å²) in [4.78, 5) is 2.38. The van der Waals surface area contributed by atoms with E-state index in [0.29, 0.717) is 18.0 Å². The molecule has 1 N–H and O–H groups in total. The number of nitrogens with one attached hydrogen (secondary N) is 1. The van der Waals surface area contributed by atoms with E-state index in [9.17, 15) is 8.42 Å². The Hall–Kier alpha value is -2.05. The van der Waals surface area contributed by atoms with Crippen molar-refractivity contribution in [2.45, 2.75) is 24.4 Å². The van der Waals surface area contributed by atoms with Gasteiger partial charge in [0, 0.05) is 19.5 Å². The van der Waals surface area contributed by atoms with Gasteiger partial charge < -0.3 is 4.74 Å². The molecule has 0 amide bonds. The molecule has 23 heavy (non-hydrogen) atoms. The average molecular weight is 330 g/mol. The second-order valence-electron chi connectivity index (χ2n) is 6.06. The Kier molecular flexibility index (Phi) is 3.32. The van der Waals surface area contributed by atoms with Crippen LogP contribution in [0, 0.1) is 0 Å². The number of nitrogens with zero attached hydrogens (tertiary/aromatic N) is 1. The van der Waals surface area contributed by atoms with Crippen LogP contribution in [-0.2, 0) is 29.5 Å². The highest BCUT2D eigenvalue weighted by atomic mass is 32.2. The Morgan fingerprint density at radius 1 is 1.09 bits per heavy atom. The summed E-state index contributed by atoms with van der Waals surface area (Å²) < 4.78 is 34.0. The monoisotopic (exact) mass is 330 g/mol. The van der Waals surface area contributed by atoms with Crippen LogP contribution in [0.5, 0.6) is 5.75 Å². The van der Waals surface area contributed by atoms with E-state index in [-0.39, 0.29) is 4.90 Å². The third-order valence-corrected chi connectivity index (χ3v) is 5.74. The van der Waals surface area contributed by atoms with Crippen molar-refractivity contribution >= 4 is 15.7 Å². The second-order valence-corrected chi connectivity index (χ2v) is 7.71. The molecule has 0 fully saturated rings. The number of ether oxygens (including phenoxy) is 1. The van der Waals surface area contributed by atoms with Crippen LogP contribution < -0.4 is 9.46 Å². The highest BCUT2D eigenvalue weighted by Crippen LogP contribution is 2.35. The van der Waals surface area contributed by atoms with Crippen molar-refractivity contribution in [1.29, 1.82) is 0 Å². The molecule has 5 nitrogen and oxygen atoms in total. The smallest absolute Gasteiger partial charge is 0.265 e. The normalized spacial score (nSPS) is 16.7. The van der Waals surface area contributed by atoms with Gasteiger partial charge in [0.05, 0.1) is 12.3 Å². The van der Waals surface area contributed by atoms with Crippen molar-refractivity contribution in [2.24, 2.45) is 0 Å². The standard InChI is InChI=1S/C17H18N2O3S/c1-19-10-13-5-2-6-15(14(13)11-19)18-23(20,21)16-7-3-4-12-8-9-22-17(12)16/h2-7,18H,8-11H2,1H3. The molecule has 0 atom stereocenters. The van der Waals surface area contributed by atoms with Crippen LogP contribution >= 0.6 is 0 Å². The number of para-hydroxylation sites is 1. The fraction of sp³-hybridized carbons (Fsp3) is 0.294. The number of fused-ring (bicyclic) bond motifs is 2. The minimum atomic E-state index is -3.67. The molecule has 0 aromatic heterocycles. The Morgan fingerprint density at radius 3 is 2.74 bits per heavy atom. The number of rotatable bonds is 3. The van der Waals surface area contributed by atoms with Crippen LogP contribution in [0.15, 0.2) is 41.3 Å². The van der Waals surface area contributed by atoms with E-state index in [1.54, 1.807) is 12.1 Å². The summed E-state index contributed by atoms with van der Waals surface area (Å²) >= 11 is 0. The second kappa shape index (κ2) is 5.25. The first-order chi connectivity index (χ1) is 11.0. The minimum Gasteiger partial charge on any atom is -0.492 e. The number of anilines is 1. The summed E-state index contributed by atoms with van der Waals surface area (Å²) in [6.07, 6.45) is 0.754. The van der Waals surface area contributed by atoms with E-state index in [1.807, 2.05) is 31.3 Å².